The Morgan fingerprint density at radius 3 is 3.05 bits per heavy atom. The summed E-state index contributed by atoms with van der Waals surface area (Å²) in [5.74, 6) is -0.372. The summed E-state index contributed by atoms with van der Waals surface area (Å²) >= 11 is 1.47. The highest BCUT2D eigenvalue weighted by Gasteiger charge is 2.19. The molecule has 104 valence electrons. The Bertz CT molecular complexity index is 642. The lowest BCUT2D eigenvalue weighted by Crippen LogP contribution is -2.14. The van der Waals surface area contributed by atoms with Crippen LogP contribution in [0.25, 0.3) is 0 Å². The predicted molar refractivity (Wildman–Crippen MR) is 72.1 cm³/mol. The van der Waals surface area contributed by atoms with Crippen molar-refractivity contribution >= 4 is 22.9 Å². The Hall–Kier alpha value is -2.68. The van der Waals surface area contributed by atoms with Crippen molar-refractivity contribution < 1.29 is 14.9 Å². The van der Waals surface area contributed by atoms with Crippen molar-refractivity contribution in [1.82, 2.24) is 4.98 Å². The summed E-state index contributed by atoms with van der Waals surface area (Å²) in [6, 6.07) is 4.85. The highest BCUT2D eigenvalue weighted by molar-refractivity contribution is 7.09. The summed E-state index contributed by atoms with van der Waals surface area (Å²) < 4.78 is 5.33. The van der Waals surface area contributed by atoms with E-state index < -0.39 is 4.92 Å². The van der Waals surface area contributed by atoms with Gasteiger partial charge in [-0.25, -0.2) is 4.98 Å². The molecule has 0 bridgehead atoms. The molecule has 0 aromatic carbocycles. The van der Waals surface area contributed by atoms with E-state index in [1.807, 2.05) is 17.5 Å². The molecule has 2 aromatic rings. The fourth-order valence-corrected chi connectivity index (χ4v) is 2.03. The Kier molecular flexibility index (Phi) is 4.11. The molecule has 2 aromatic heterocycles. The van der Waals surface area contributed by atoms with Crippen molar-refractivity contribution in [1.29, 1.82) is 0 Å². The van der Waals surface area contributed by atoms with Crippen LogP contribution >= 0.6 is 11.3 Å². The second-order valence-corrected chi connectivity index (χ2v) is 4.69. The van der Waals surface area contributed by atoms with Crippen LogP contribution in [0.3, 0.4) is 0 Å². The molecular weight excluding hydrogens is 284 g/mol. The van der Waals surface area contributed by atoms with Crippen molar-refractivity contribution in [3.8, 4) is 5.88 Å². The average Bonchev–Trinajstić information content (AvgIpc) is 2.97. The number of nitro groups is 1. The van der Waals surface area contributed by atoms with E-state index in [4.69, 9.17) is 15.7 Å². The Balaban J connectivity index is 2.26. The Morgan fingerprint density at radius 1 is 1.65 bits per heavy atom. The van der Waals surface area contributed by atoms with E-state index in [0.717, 1.165) is 10.9 Å². The first-order valence-corrected chi connectivity index (χ1v) is 6.27. The van der Waals surface area contributed by atoms with Crippen LogP contribution in [0.5, 0.6) is 5.88 Å². The van der Waals surface area contributed by atoms with Gasteiger partial charge in [-0.05, 0) is 11.4 Å². The third kappa shape index (κ3) is 3.01. The SMILES string of the molecule is N/C(=N/O)c1cnc(OCc2cccs2)c([N+](=O)[O-])c1. The van der Waals surface area contributed by atoms with Crippen LogP contribution in [0.1, 0.15) is 10.4 Å². The number of hydrogen-bond donors (Lipinski definition) is 2. The first kappa shape index (κ1) is 13.7. The number of aromatic nitrogens is 1. The lowest BCUT2D eigenvalue weighted by Gasteiger charge is -2.05. The number of thiophene rings is 1. The Labute approximate surface area is 117 Å². The molecule has 0 unspecified atom stereocenters. The smallest absolute Gasteiger partial charge is 0.331 e. The van der Waals surface area contributed by atoms with Gasteiger partial charge in [0.05, 0.1) is 4.92 Å². The monoisotopic (exact) mass is 294 g/mol. The minimum absolute atomic E-state index is 0.113. The third-order valence-corrected chi connectivity index (χ3v) is 3.21. The van der Waals surface area contributed by atoms with Gasteiger partial charge in [-0.2, -0.15) is 0 Å². The highest BCUT2D eigenvalue weighted by atomic mass is 32.1. The molecule has 2 heterocycles. The van der Waals surface area contributed by atoms with Crippen LogP contribution in [-0.4, -0.2) is 21.0 Å². The van der Waals surface area contributed by atoms with Gasteiger partial charge in [0.15, 0.2) is 5.84 Å². The van der Waals surface area contributed by atoms with E-state index in [1.165, 1.54) is 17.5 Å². The fourth-order valence-electron chi connectivity index (χ4n) is 1.41. The van der Waals surface area contributed by atoms with Crippen LogP contribution < -0.4 is 10.5 Å². The Morgan fingerprint density at radius 2 is 2.45 bits per heavy atom. The summed E-state index contributed by atoms with van der Waals surface area (Å²) in [5, 5.41) is 24.2. The largest absolute Gasteiger partial charge is 0.467 e. The number of rotatable bonds is 5. The molecule has 0 atom stereocenters. The van der Waals surface area contributed by atoms with Crippen molar-refractivity contribution in [3.63, 3.8) is 0 Å². The first-order valence-electron chi connectivity index (χ1n) is 5.39. The minimum atomic E-state index is -0.634. The van der Waals surface area contributed by atoms with Gasteiger partial charge in [0.1, 0.15) is 6.61 Å². The number of amidine groups is 1. The van der Waals surface area contributed by atoms with Gasteiger partial charge >= 0.3 is 5.69 Å². The minimum Gasteiger partial charge on any atom is -0.467 e. The maximum atomic E-state index is 11.0. The number of nitrogens with zero attached hydrogens (tertiary/aromatic N) is 3. The van der Waals surface area contributed by atoms with Crippen LogP contribution in [-0.2, 0) is 6.61 Å². The number of pyridine rings is 1. The molecule has 20 heavy (non-hydrogen) atoms. The summed E-state index contributed by atoms with van der Waals surface area (Å²) in [7, 11) is 0. The molecular formula is C11H10N4O4S. The number of ether oxygens (including phenoxy) is 1. The molecule has 0 fully saturated rings. The van der Waals surface area contributed by atoms with E-state index in [9.17, 15) is 10.1 Å². The van der Waals surface area contributed by atoms with Crippen LogP contribution in [0, 0.1) is 10.1 Å². The van der Waals surface area contributed by atoms with Crippen molar-refractivity contribution in [2.75, 3.05) is 0 Å². The van der Waals surface area contributed by atoms with E-state index >= 15 is 0 Å². The van der Waals surface area contributed by atoms with Crippen LogP contribution in [0.15, 0.2) is 34.9 Å². The molecule has 0 aliphatic rings. The highest BCUT2D eigenvalue weighted by Crippen LogP contribution is 2.26. The number of nitrogens with two attached hydrogens (primary N) is 1. The topological polar surface area (TPSA) is 124 Å². The maximum Gasteiger partial charge on any atom is 0.331 e. The van der Waals surface area contributed by atoms with Crippen LogP contribution in [0.2, 0.25) is 0 Å². The van der Waals surface area contributed by atoms with Gasteiger partial charge in [-0.1, -0.05) is 11.2 Å². The zero-order valence-electron chi connectivity index (χ0n) is 10.1. The van der Waals surface area contributed by atoms with E-state index in [0.29, 0.717) is 0 Å². The molecule has 0 saturated heterocycles. The molecule has 0 radical (unpaired) electrons. The van der Waals surface area contributed by atoms with E-state index in [1.54, 1.807) is 0 Å². The number of oxime groups is 1. The summed E-state index contributed by atoms with van der Waals surface area (Å²) in [6.07, 6.45) is 1.24. The quantitative estimate of drug-likeness (QED) is 0.284. The van der Waals surface area contributed by atoms with Gasteiger partial charge in [0, 0.05) is 22.7 Å². The summed E-state index contributed by atoms with van der Waals surface area (Å²) in [6.45, 7) is 0.189. The molecule has 0 aliphatic carbocycles. The van der Waals surface area contributed by atoms with Gasteiger partial charge in [-0.15, -0.1) is 11.3 Å². The predicted octanol–water partition coefficient (Wildman–Crippen LogP) is 1.72. The van der Waals surface area contributed by atoms with Gasteiger partial charge in [-0.3, -0.25) is 10.1 Å². The first-order chi connectivity index (χ1) is 9.61. The molecule has 3 N–H and O–H groups in total. The van der Waals surface area contributed by atoms with Crippen molar-refractivity contribution in [2.45, 2.75) is 6.61 Å². The second-order valence-electron chi connectivity index (χ2n) is 3.66. The maximum absolute atomic E-state index is 11.0. The average molecular weight is 294 g/mol. The zero-order valence-corrected chi connectivity index (χ0v) is 10.9. The van der Waals surface area contributed by atoms with E-state index in [2.05, 4.69) is 10.1 Å². The van der Waals surface area contributed by atoms with Crippen molar-refractivity contribution in [3.05, 3.63) is 50.3 Å². The van der Waals surface area contributed by atoms with Crippen LogP contribution in [0.4, 0.5) is 5.69 Å². The molecule has 0 amide bonds. The summed E-state index contributed by atoms with van der Waals surface area (Å²) in [5.41, 5.74) is 5.16. The van der Waals surface area contributed by atoms with E-state index in [-0.39, 0.29) is 29.6 Å². The third-order valence-electron chi connectivity index (χ3n) is 2.36. The zero-order chi connectivity index (χ0) is 14.5. The second kappa shape index (κ2) is 5.97. The fraction of sp³-hybridized carbons (Fsp3) is 0.0909. The molecule has 0 saturated carbocycles. The summed E-state index contributed by atoms with van der Waals surface area (Å²) in [4.78, 5) is 15.1. The van der Waals surface area contributed by atoms with Gasteiger partial charge in [0.25, 0.3) is 5.88 Å². The number of hydrogen-bond acceptors (Lipinski definition) is 7. The molecule has 9 heteroatoms. The normalized spacial score (nSPS) is 11.3. The lowest BCUT2D eigenvalue weighted by atomic mass is 10.2. The van der Waals surface area contributed by atoms with Gasteiger partial charge < -0.3 is 15.7 Å². The standard InChI is InChI=1S/C11H10N4O4S/c12-10(14-16)7-4-9(15(17)18)11(13-5-7)19-6-8-2-1-3-20-8/h1-5,16H,6H2,(H2,12,14). The molecule has 2 rings (SSSR count). The molecule has 0 aliphatic heterocycles. The lowest BCUT2D eigenvalue weighted by molar-refractivity contribution is -0.386. The van der Waals surface area contributed by atoms with Crippen molar-refractivity contribution in [2.24, 2.45) is 10.9 Å². The molecule has 0 spiro atoms. The van der Waals surface area contributed by atoms with Gasteiger partial charge in [0.2, 0.25) is 0 Å². The molecule has 8 nitrogen and oxygen atoms in total.